The minimum Gasteiger partial charge on any atom is -0.493 e. The molecule has 0 radical (unpaired) electrons. The van der Waals surface area contributed by atoms with Crippen LogP contribution in [-0.2, 0) is 12.8 Å². The lowest BCUT2D eigenvalue weighted by Gasteiger charge is -2.30. The van der Waals surface area contributed by atoms with Crippen LogP contribution >= 0.6 is 0 Å². The smallest absolute Gasteiger partial charge is 0.231 e. The van der Waals surface area contributed by atoms with Gasteiger partial charge in [-0.3, -0.25) is 0 Å². The summed E-state index contributed by atoms with van der Waals surface area (Å²) in [5, 5.41) is 30.4. The molecule has 0 aromatic heterocycles. The normalized spacial score (nSPS) is 15.3. The minimum absolute atomic E-state index is 0.152. The molecule has 0 saturated carbocycles. The molecule has 0 amide bonds. The largest absolute Gasteiger partial charge is 0.493 e. The van der Waals surface area contributed by atoms with Gasteiger partial charge in [0.15, 0.2) is 23.0 Å². The van der Waals surface area contributed by atoms with E-state index in [4.69, 9.17) is 23.7 Å². The van der Waals surface area contributed by atoms with Gasteiger partial charge in [-0.1, -0.05) is 6.07 Å². The zero-order valence-corrected chi connectivity index (χ0v) is 18.0. The Morgan fingerprint density at radius 1 is 0.839 bits per heavy atom. The van der Waals surface area contributed by atoms with Gasteiger partial charge >= 0.3 is 0 Å². The van der Waals surface area contributed by atoms with E-state index >= 15 is 0 Å². The molecule has 1 aliphatic heterocycles. The van der Waals surface area contributed by atoms with Crippen LogP contribution in [0, 0.1) is 11.8 Å². The van der Waals surface area contributed by atoms with Crippen LogP contribution < -0.4 is 23.7 Å². The highest BCUT2D eigenvalue weighted by molar-refractivity contribution is 5.54. The Hall–Kier alpha value is -2.68. The maximum absolute atomic E-state index is 10.6. The van der Waals surface area contributed by atoms with Crippen LogP contribution in [0.3, 0.4) is 0 Å². The number of ether oxygens (including phenoxy) is 5. The van der Waals surface area contributed by atoms with Crippen LogP contribution in [0.25, 0.3) is 0 Å². The number of hydrogen-bond acceptors (Lipinski definition) is 8. The van der Waals surface area contributed by atoms with Crippen LogP contribution in [0.4, 0.5) is 0 Å². The molecule has 3 N–H and O–H groups in total. The Kier molecular flexibility index (Phi) is 7.84. The molecular weight excluding hydrogens is 404 g/mol. The first-order valence-corrected chi connectivity index (χ1v) is 10.1. The average molecular weight is 434 g/mol. The summed E-state index contributed by atoms with van der Waals surface area (Å²) in [5.41, 5.74) is 1.78. The topological polar surface area (TPSA) is 107 Å². The first-order valence-electron chi connectivity index (χ1n) is 10.1. The highest BCUT2D eigenvalue weighted by Gasteiger charge is 2.29. The molecule has 0 aliphatic carbocycles. The second-order valence-corrected chi connectivity index (χ2v) is 7.49. The standard InChI is InChI=1S/C23H30O8/c1-27-21-9-15(10-22(28-2)23(21)29-3)7-17(18(26)12-25)16(11-24)6-14-4-5-19-20(8-14)31-13-30-19/h4-5,8-10,16-18,24-26H,6-7,11-13H2,1-3H3/t16-,17+,18-/m1/s1. The third-order valence-electron chi connectivity index (χ3n) is 5.65. The number of benzene rings is 2. The first-order chi connectivity index (χ1) is 15.0. The third kappa shape index (κ3) is 5.15. The van der Waals surface area contributed by atoms with Gasteiger partial charge in [0.1, 0.15) is 0 Å². The summed E-state index contributed by atoms with van der Waals surface area (Å²) in [5.74, 6) is 2.12. The van der Waals surface area contributed by atoms with E-state index in [1.54, 1.807) is 0 Å². The van der Waals surface area contributed by atoms with Gasteiger partial charge in [-0.25, -0.2) is 0 Å². The van der Waals surface area contributed by atoms with Gasteiger partial charge in [0.2, 0.25) is 12.5 Å². The van der Waals surface area contributed by atoms with Crippen molar-refractivity contribution in [3.8, 4) is 28.7 Å². The van der Waals surface area contributed by atoms with Gasteiger partial charge in [-0.15, -0.1) is 0 Å². The Morgan fingerprint density at radius 3 is 2.10 bits per heavy atom. The molecule has 3 atom stereocenters. The summed E-state index contributed by atoms with van der Waals surface area (Å²) >= 11 is 0. The minimum atomic E-state index is -1.01. The molecule has 31 heavy (non-hydrogen) atoms. The molecule has 3 rings (SSSR count). The number of methoxy groups -OCH3 is 3. The summed E-state index contributed by atoms with van der Waals surface area (Å²) in [6, 6.07) is 9.26. The van der Waals surface area contributed by atoms with Crippen molar-refractivity contribution in [2.24, 2.45) is 11.8 Å². The van der Waals surface area contributed by atoms with Crippen LogP contribution in [0.2, 0.25) is 0 Å². The fourth-order valence-corrected chi connectivity index (χ4v) is 4.00. The second-order valence-electron chi connectivity index (χ2n) is 7.49. The van der Waals surface area contributed by atoms with Gasteiger partial charge in [-0.2, -0.15) is 0 Å². The summed E-state index contributed by atoms with van der Waals surface area (Å²) in [6.45, 7) is -0.372. The number of fused-ring (bicyclic) bond motifs is 1. The molecule has 0 bridgehead atoms. The Labute approximate surface area is 181 Å². The molecule has 2 aromatic carbocycles. The summed E-state index contributed by atoms with van der Waals surface area (Å²) in [4.78, 5) is 0. The van der Waals surface area contributed by atoms with Crippen molar-refractivity contribution in [1.29, 1.82) is 0 Å². The van der Waals surface area contributed by atoms with Crippen molar-refractivity contribution in [2.75, 3.05) is 41.3 Å². The van der Waals surface area contributed by atoms with Crippen LogP contribution in [-0.4, -0.2) is 62.8 Å². The second kappa shape index (κ2) is 10.6. The van der Waals surface area contributed by atoms with E-state index in [9.17, 15) is 15.3 Å². The molecule has 1 aliphatic rings. The molecule has 8 heteroatoms. The zero-order valence-electron chi connectivity index (χ0n) is 18.0. The van der Waals surface area contributed by atoms with Crippen molar-refractivity contribution in [3.05, 3.63) is 41.5 Å². The average Bonchev–Trinajstić information content (AvgIpc) is 3.27. The summed E-state index contributed by atoms with van der Waals surface area (Å²) in [7, 11) is 4.61. The quantitative estimate of drug-likeness (QED) is 0.492. The lowest BCUT2D eigenvalue weighted by Crippen LogP contribution is -2.35. The highest BCUT2D eigenvalue weighted by Crippen LogP contribution is 2.40. The van der Waals surface area contributed by atoms with Crippen molar-refractivity contribution >= 4 is 0 Å². The van der Waals surface area contributed by atoms with E-state index in [0.717, 1.165) is 11.1 Å². The van der Waals surface area contributed by atoms with Crippen LogP contribution in [0.15, 0.2) is 30.3 Å². The van der Waals surface area contributed by atoms with Gasteiger partial charge in [-0.05, 0) is 60.1 Å². The van der Waals surface area contributed by atoms with Crippen molar-refractivity contribution in [2.45, 2.75) is 18.9 Å². The zero-order chi connectivity index (χ0) is 22.4. The van der Waals surface area contributed by atoms with Gasteiger partial charge in [0.25, 0.3) is 0 Å². The van der Waals surface area contributed by atoms with E-state index in [1.165, 1.54) is 21.3 Å². The molecule has 0 saturated heterocycles. The molecule has 0 fully saturated rings. The molecule has 0 spiro atoms. The van der Waals surface area contributed by atoms with Crippen molar-refractivity contribution < 1.29 is 39.0 Å². The number of rotatable bonds is 11. The first kappa shape index (κ1) is 23.0. The lowest BCUT2D eigenvalue weighted by molar-refractivity contribution is 0.00893. The van der Waals surface area contributed by atoms with E-state index in [2.05, 4.69) is 0 Å². The molecule has 8 nitrogen and oxygen atoms in total. The lowest BCUT2D eigenvalue weighted by atomic mass is 9.79. The van der Waals surface area contributed by atoms with Gasteiger partial charge < -0.3 is 39.0 Å². The predicted octanol–water partition coefficient (Wildman–Crippen LogP) is 1.80. The van der Waals surface area contributed by atoms with E-state index in [0.29, 0.717) is 41.6 Å². The van der Waals surface area contributed by atoms with E-state index < -0.39 is 18.6 Å². The SMILES string of the molecule is COc1cc(C[C@@H]([C@@H](CO)Cc2ccc3c(c2)OCO3)[C@H](O)CO)cc(OC)c1OC. The maximum atomic E-state index is 10.6. The van der Waals surface area contributed by atoms with Crippen molar-refractivity contribution in [3.63, 3.8) is 0 Å². The van der Waals surface area contributed by atoms with Gasteiger partial charge in [0, 0.05) is 6.61 Å². The van der Waals surface area contributed by atoms with Crippen molar-refractivity contribution in [1.82, 2.24) is 0 Å². The van der Waals surface area contributed by atoms with E-state index in [1.807, 2.05) is 30.3 Å². The van der Waals surface area contributed by atoms with Crippen LogP contribution in [0.5, 0.6) is 28.7 Å². The monoisotopic (exact) mass is 434 g/mol. The number of hydrogen-bond donors (Lipinski definition) is 3. The Balaban J connectivity index is 1.86. The number of aliphatic hydroxyl groups excluding tert-OH is 3. The fourth-order valence-electron chi connectivity index (χ4n) is 4.00. The number of aliphatic hydroxyl groups is 3. The molecule has 170 valence electrons. The van der Waals surface area contributed by atoms with Gasteiger partial charge in [0.05, 0.1) is 34.0 Å². The predicted molar refractivity (Wildman–Crippen MR) is 113 cm³/mol. The third-order valence-corrected chi connectivity index (χ3v) is 5.65. The summed E-state index contributed by atoms with van der Waals surface area (Å²) < 4.78 is 27.0. The summed E-state index contributed by atoms with van der Waals surface area (Å²) in [6.07, 6.45) is -0.113. The highest BCUT2D eigenvalue weighted by atomic mass is 16.7. The molecule has 2 aromatic rings. The van der Waals surface area contributed by atoms with E-state index in [-0.39, 0.29) is 19.3 Å². The Morgan fingerprint density at radius 2 is 1.52 bits per heavy atom. The van der Waals surface area contributed by atoms with Crippen LogP contribution in [0.1, 0.15) is 11.1 Å². The molecular formula is C23H30O8. The Bertz CT molecular complexity index is 844. The molecule has 0 unspecified atom stereocenters. The fraction of sp³-hybridized carbons (Fsp3) is 0.478. The maximum Gasteiger partial charge on any atom is 0.231 e. The molecule has 1 heterocycles.